The van der Waals surface area contributed by atoms with Gasteiger partial charge in [0.2, 0.25) is 5.78 Å². The van der Waals surface area contributed by atoms with Crippen molar-refractivity contribution < 1.29 is 23.1 Å². The van der Waals surface area contributed by atoms with Crippen molar-refractivity contribution in [2.45, 2.75) is 104 Å². The molecule has 4 aliphatic rings. The second-order valence-electron chi connectivity index (χ2n) is 12.2. The van der Waals surface area contributed by atoms with E-state index in [4.69, 9.17) is 0 Å². The molecular formula is C25H39F3O2. The van der Waals surface area contributed by atoms with Gasteiger partial charge in [0.1, 0.15) is 0 Å². The highest BCUT2D eigenvalue weighted by molar-refractivity contribution is 5.84. The zero-order valence-corrected chi connectivity index (χ0v) is 19.0. The molecule has 0 saturated heterocycles. The lowest BCUT2D eigenvalue weighted by Gasteiger charge is -2.62. The fourth-order valence-electron chi connectivity index (χ4n) is 8.96. The molecule has 0 aromatic heterocycles. The Morgan fingerprint density at radius 3 is 2.30 bits per heavy atom. The van der Waals surface area contributed by atoms with Crippen molar-refractivity contribution in [2.24, 2.45) is 46.3 Å². The highest BCUT2D eigenvalue weighted by Gasteiger charge is 2.61. The topological polar surface area (TPSA) is 37.3 Å². The van der Waals surface area contributed by atoms with Gasteiger partial charge in [0.25, 0.3) is 0 Å². The van der Waals surface area contributed by atoms with E-state index in [1.807, 2.05) is 13.8 Å². The first-order chi connectivity index (χ1) is 13.8. The van der Waals surface area contributed by atoms with Gasteiger partial charge >= 0.3 is 6.18 Å². The number of halogens is 3. The average molecular weight is 429 g/mol. The maximum atomic E-state index is 12.8. The van der Waals surface area contributed by atoms with Crippen molar-refractivity contribution in [2.75, 3.05) is 0 Å². The quantitative estimate of drug-likeness (QED) is 0.553. The predicted octanol–water partition coefficient (Wildman–Crippen LogP) is 6.55. The van der Waals surface area contributed by atoms with Crippen molar-refractivity contribution in [3.05, 3.63) is 0 Å². The monoisotopic (exact) mass is 428 g/mol. The molecule has 0 bridgehead atoms. The third-order valence-electron chi connectivity index (χ3n) is 10.5. The molecule has 2 nitrogen and oxygen atoms in total. The number of hydrogen-bond donors (Lipinski definition) is 1. The molecule has 9 unspecified atom stereocenters. The zero-order valence-electron chi connectivity index (χ0n) is 19.0. The fourth-order valence-corrected chi connectivity index (χ4v) is 8.96. The maximum Gasteiger partial charge on any atom is 0.449 e. The number of aliphatic hydroxyl groups is 1. The van der Waals surface area contributed by atoms with E-state index in [-0.39, 0.29) is 23.7 Å². The third kappa shape index (κ3) is 3.55. The largest absolute Gasteiger partial charge is 0.449 e. The molecule has 0 radical (unpaired) electrons. The molecule has 172 valence electrons. The van der Waals surface area contributed by atoms with Crippen LogP contribution in [0.5, 0.6) is 0 Å². The number of carbonyl (C=O) groups excluding carboxylic acids is 1. The van der Waals surface area contributed by atoms with Gasteiger partial charge < -0.3 is 5.11 Å². The summed E-state index contributed by atoms with van der Waals surface area (Å²) in [4.78, 5) is 11.6. The highest BCUT2D eigenvalue weighted by Crippen LogP contribution is 2.68. The number of carbonyl (C=O) groups is 1. The van der Waals surface area contributed by atoms with Gasteiger partial charge in [-0.2, -0.15) is 13.2 Å². The van der Waals surface area contributed by atoms with Crippen LogP contribution in [0.3, 0.4) is 0 Å². The fraction of sp³-hybridized carbons (Fsp3) is 0.960. The second-order valence-corrected chi connectivity index (χ2v) is 12.2. The van der Waals surface area contributed by atoms with Gasteiger partial charge in [-0.25, -0.2) is 0 Å². The number of fused-ring (bicyclic) bond motifs is 5. The summed E-state index contributed by atoms with van der Waals surface area (Å²) < 4.78 is 38.5. The van der Waals surface area contributed by atoms with Crippen LogP contribution in [0.1, 0.15) is 91.9 Å². The Kier molecular flexibility index (Phi) is 5.44. The first-order valence-corrected chi connectivity index (χ1v) is 12.1. The zero-order chi connectivity index (χ0) is 22.1. The lowest BCUT2D eigenvalue weighted by molar-refractivity contribution is -0.173. The lowest BCUT2D eigenvalue weighted by atomic mass is 9.43. The summed E-state index contributed by atoms with van der Waals surface area (Å²) in [6, 6.07) is 0. The molecule has 4 saturated carbocycles. The van der Waals surface area contributed by atoms with Gasteiger partial charge in [-0.05, 0) is 111 Å². The van der Waals surface area contributed by atoms with Crippen LogP contribution < -0.4 is 0 Å². The highest BCUT2D eigenvalue weighted by atomic mass is 19.4. The minimum absolute atomic E-state index is 0.0653. The molecule has 30 heavy (non-hydrogen) atoms. The Morgan fingerprint density at radius 1 is 0.967 bits per heavy atom. The second kappa shape index (κ2) is 7.22. The van der Waals surface area contributed by atoms with Gasteiger partial charge in [0.15, 0.2) is 0 Å². The first kappa shape index (κ1) is 22.6. The Hall–Kier alpha value is -0.580. The van der Waals surface area contributed by atoms with Gasteiger partial charge in [-0.3, -0.25) is 4.79 Å². The van der Waals surface area contributed by atoms with Crippen LogP contribution in [-0.4, -0.2) is 22.7 Å². The Bertz CT molecular complexity index is 686. The predicted molar refractivity (Wildman–Crippen MR) is 111 cm³/mol. The summed E-state index contributed by atoms with van der Waals surface area (Å²) in [7, 11) is 0. The van der Waals surface area contributed by atoms with Crippen molar-refractivity contribution >= 4 is 5.78 Å². The van der Waals surface area contributed by atoms with E-state index in [0.29, 0.717) is 29.1 Å². The third-order valence-corrected chi connectivity index (χ3v) is 10.5. The summed E-state index contributed by atoms with van der Waals surface area (Å²) in [6.45, 7) is 8.64. The van der Waals surface area contributed by atoms with Gasteiger partial charge in [-0.15, -0.1) is 0 Å². The summed E-state index contributed by atoms with van der Waals surface area (Å²) in [5.74, 6) is 0.949. The number of alkyl halides is 3. The van der Waals surface area contributed by atoms with E-state index in [1.54, 1.807) is 0 Å². The molecule has 0 aromatic carbocycles. The van der Waals surface area contributed by atoms with E-state index in [1.165, 1.54) is 12.8 Å². The molecule has 0 amide bonds. The van der Waals surface area contributed by atoms with Crippen LogP contribution in [0, 0.1) is 46.3 Å². The van der Waals surface area contributed by atoms with Crippen LogP contribution in [0.2, 0.25) is 0 Å². The van der Waals surface area contributed by atoms with Gasteiger partial charge in [0.05, 0.1) is 5.60 Å². The van der Waals surface area contributed by atoms with Gasteiger partial charge in [-0.1, -0.05) is 20.8 Å². The summed E-state index contributed by atoms with van der Waals surface area (Å²) in [6.07, 6.45) is 4.48. The molecule has 0 spiro atoms. The van der Waals surface area contributed by atoms with Crippen molar-refractivity contribution in [3.63, 3.8) is 0 Å². The first-order valence-electron chi connectivity index (χ1n) is 12.1. The van der Waals surface area contributed by atoms with E-state index >= 15 is 0 Å². The van der Waals surface area contributed by atoms with E-state index < -0.39 is 17.6 Å². The Labute approximate surface area is 179 Å². The van der Waals surface area contributed by atoms with Crippen molar-refractivity contribution in [1.29, 1.82) is 0 Å². The normalized spacial score (nSPS) is 49.7. The van der Waals surface area contributed by atoms with Crippen LogP contribution in [0.15, 0.2) is 0 Å². The molecule has 5 heteroatoms. The van der Waals surface area contributed by atoms with Gasteiger partial charge in [0, 0.05) is 6.42 Å². The molecule has 4 aliphatic carbocycles. The van der Waals surface area contributed by atoms with Crippen LogP contribution in [0.4, 0.5) is 13.2 Å². The number of Topliss-reactive ketones (excluding diaryl/α,β-unsaturated/α-hetero) is 1. The molecule has 4 fully saturated rings. The average Bonchev–Trinajstić information content (AvgIpc) is 2.98. The van der Waals surface area contributed by atoms with E-state index in [9.17, 15) is 23.1 Å². The Morgan fingerprint density at radius 2 is 1.63 bits per heavy atom. The summed E-state index contributed by atoms with van der Waals surface area (Å²) in [5.41, 5.74) is -0.169. The molecular weight excluding hydrogens is 389 g/mol. The maximum absolute atomic E-state index is 12.8. The van der Waals surface area contributed by atoms with Crippen molar-refractivity contribution in [1.82, 2.24) is 0 Å². The van der Waals surface area contributed by atoms with Crippen molar-refractivity contribution in [3.8, 4) is 0 Å². The molecule has 9 atom stereocenters. The van der Waals surface area contributed by atoms with Crippen LogP contribution >= 0.6 is 0 Å². The SMILES string of the molecule is CC(CC(=O)C(F)(F)F)C1CCC2C3CCC4CC(C)(O)CCC4(C)C3CCC12C. The molecule has 0 aliphatic heterocycles. The smallest absolute Gasteiger partial charge is 0.390 e. The lowest BCUT2D eigenvalue weighted by Crippen LogP contribution is -2.55. The van der Waals surface area contributed by atoms with Crippen LogP contribution in [-0.2, 0) is 4.79 Å². The number of ketones is 1. The number of rotatable bonds is 3. The minimum Gasteiger partial charge on any atom is -0.390 e. The van der Waals surface area contributed by atoms with Crippen LogP contribution in [0.25, 0.3) is 0 Å². The molecule has 0 aromatic rings. The standard InChI is InChI=1S/C25H39F3O2/c1-15(13-21(29)25(26,27)28)18-7-8-19-17-6-5-16-14-22(2,30)11-12-23(16,3)20(17)9-10-24(18,19)4/h15-20,30H,5-14H2,1-4H3. The molecule has 4 rings (SSSR count). The van der Waals surface area contributed by atoms with E-state index in [2.05, 4.69) is 13.8 Å². The minimum atomic E-state index is -4.71. The summed E-state index contributed by atoms with van der Waals surface area (Å²) in [5, 5.41) is 10.6. The molecule has 0 heterocycles. The number of hydrogen-bond acceptors (Lipinski definition) is 2. The van der Waals surface area contributed by atoms with E-state index in [0.717, 1.165) is 44.9 Å². The molecule has 1 N–H and O–H groups in total. The Balaban J connectivity index is 1.51. The summed E-state index contributed by atoms with van der Waals surface area (Å²) >= 11 is 0.